The first-order valence-electron chi connectivity index (χ1n) is 17.1. The molecule has 0 spiro atoms. The first-order valence-corrected chi connectivity index (χ1v) is 17.4. The second-order valence-corrected chi connectivity index (χ2v) is 14.1. The highest BCUT2D eigenvalue weighted by atomic mass is 35.5. The lowest BCUT2D eigenvalue weighted by Gasteiger charge is -2.40. The van der Waals surface area contributed by atoms with E-state index < -0.39 is 17.8 Å². The van der Waals surface area contributed by atoms with E-state index in [2.05, 4.69) is 39.8 Å². The summed E-state index contributed by atoms with van der Waals surface area (Å²) in [6.07, 6.45) is 0.785. The number of aromatic nitrogens is 5. The summed E-state index contributed by atoms with van der Waals surface area (Å²) in [6, 6.07) is 7.68. The van der Waals surface area contributed by atoms with Crippen LogP contribution in [-0.4, -0.2) is 116 Å². The van der Waals surface area contributed by atoms with E-state index in [4.69, 9.17) is 11.6 Å². The summed E-state index contributed by atoms with van der Waals surface area (Å²) in [7, 11) is 5.78. The molecule has 2 saturated heterocycles. The molecule has 6 rings (SSSR count). The lowest BCUT2D eigenvalue weighted by atomic mass is 9.94. The topological polar surface area (TPSA) is 130 Å². The SMILES string of the molecule is CCNc1ccc(-n2cc(-c3cnc(C(=O)Nc4ccc(C(=O)N5CCN(C(=O)C6CC[N+](C)(C)CC6)CC5)c(Cl)c4)n3C)c(C(F)(F)F)n2)nc1. The van der Waals surface area contributed by atoms with E-state index >= 15 is 0 Å². The highest BCUT2D eigenvalue weighted by Gasteiger charge is 2.39. The van der Waals surface area contributed by atoms with E-state index in [1.165, 1.54) is 48.4 Å². The predicted molar refractivity (Wildman–Crippen MR) is 189 cm³/mol. The Morgan fingerprint density at radius 3 is 2.25 bits per heavy atom. The minimum absolute atomic E-state index is 0.00992. The maximum absolute atomic E-state index is 14.1. The van der Waals surface area contributed by atoms with Crippen LogP contribution in [0.4, 0.5) is 24.5 Å². The summed E-state index contributed by atoms with van der Waals surface area (Å²) in [5.41, 5.74) is -0.221. The number of rotatable bonds is 8. The van der Waals surface area contributed by atoms with Crippen LogP contribution >= 0.6 is 11.6 Å². The van der Waals surface area contributed by atoms with E-state index in [-0.39, 0.29) is 56.9 Å². The smallest absolute Gasteiger partial charge is 0.384 e. The number of pyridine rings is 1. The Morgan fingerprint density at radius 1 is 0.962 bits per heavy atom. The molecule has 0 unspecified atom stereocenters. The molecule has 13 nitrogen and oxygen atoms in total. The molecule has 276 valence electrons. The molecule has 0 bridgehead atoms. The minimum atomic E-state index is -4.80. The van der Waals surface area contributed by atoms with Crippen LogP contribution in [0, 0.1) is 5.92 Å². The zero-order valence-electron chi connectivity index (χ0n) is 29.4. The van der Waals surface area contributed by atoms with Crippen LogP contribution in [0.2, 0.25) is 5.02 Å². The predicted octanol–water partition coefficient (Wildman–Crippen LogP) is 4.79. The highest BCUT2D eigenvalue weighted by molar-refractivity contribution is 6.34. The van der Waals surface area contributed by atoms with Crippen LogP contribution in [0.1, 0.15) is 46.4 Å². The standard InChI is InChI=1S/C35H40ClF3N10O3/c1-5-40-24-7-9-29(41-19-24)48-21-26(30(44-48)35(37,38)39)28-20-42-31(45(28)2)32(50)43-23-6-8-25(27(36)18-23)34(52)47-14-12-46(13-15-47)33(51)22-10-16-49(3,4)17-11-22/h6-9,18-22,40H,5,10-17H2,1-4H3/p+1. The first-order chi connectivity index (χ1) is 24.6. The number of hydrogen-bond acceptors (Lipinski definition) is 7. The molecular formula is C35H41ClF3N10O3+. The van der Waals surface area contributed by atoms with E-state index in [1.54, 1.807) is 17.0 Å². The largest absolute Gasteiger partial charge is 0.435 e. The Kier molecular flexibility index (Phi) is 10.3. The van der Waals surface area contributed by atoms with Crippen molar-refractivity contribution >= 4 is 40.7 Å². The van der Waals surface area contributed by atoms with Crippen molar-refractivity contribution in [1.82, 2.24) is 34.1 Å². The molecule has 2 fully saturated rings. The third-order valence-electron chi connectivity index (χ3n) is 9.66. The average molecular weight is 742 g/mol. The quantitative estimate of drug-likeness (QED) is 0.249. The van der Waals surface area contributed by atoms with E-state index in [0.29, 0.717) is 38.4 Å². The number of carbonyl (C=O) groups excluding carboxylic acids is 3. The van der Waals surface area contributed by atoms with Crippen LogP contribution in [-0.2, 0) is 18.0 Å². The molecule has 0 atom stereocenters. The van der Waals surface area contributed by atoms with Gasteiger partial charge in [0.1, 0.15) is 0 Å². The number of anilines is 2. The summed E-state index contributed by atoms with van der Waals surface area (Å²) >= 11 is 6.52. The van der Waals surface area contributed by atoms with Crippen LogP contribution in [0.25, 0.3) is 17.1 Å². The highest BCUT2D eigenvalue weighted by Crippen LogP contribution is 2.37. The van der Waals surface area contributed by atoms with Gasteiger partial charge in [-0.25, -0.2) is 14.6 Å². The van der Waals surface area contributed by atoms with Gasteiger partial charge in [-0.3, -0.25) is 14.4 Å². The third kappa shape index (κ3) is 7.77. The Labute approximate surface area is 303 Å². The molecular weight excluding hydrogens is 701 g/mol. The number of imidazole rings is 1. The zero-order valence-corrected chi connectivity index (χ0v) is 30.1. The van der Waals surface area contributed by atoms with Crippen LogP contribution < -0.4 is 10.6 Å². The maximum Gasteiger partial charge on any atom is 0.435 e. The van der Waals surface area contributed by atoms with Crippen molar-refractivity contribution < 1.29 is 32.0 Å². The molecule has 2 aliphatic heterocycles. The van der Waals surface area contributed by atoms with Gasteiger partial charge in [-0.15, -0.1) is 0 Å². The monoisotopic (exact) mass is 741 g/mol. The number of amides is 3. The molecule has 3 aromatic heterocycles. The van der Waals surface area contributed by atoms with Gasteiger partial charge in [-0.1, -0.05) is 11.6 Å². The number of piperazine rings is 1. The number of hydrogen-bond donors (Lipinski definition) is 2. The van der Waals surface area contributed by atoms with Crippen molar-refractivity contribution in [1.29, 1.82) is 0 Å². The number of quaternary nitrogens is 1. The fourth-order valence-corrected chi connectivity index (χ4v) is 6.88. The maximum atomic E-state index is 14.1. The number of likely N-dealkylation sites (tertiary alicyclic amines) is 1. The molecule has 5 heterocycles. The van der Waals surface area contributed by atoms with Gasteiger partial charge in [-0.2, -0.15) is 18.3 Å². The van der Waals surface area contributed by atoms with Crippen molar-refractivity contribution in [2.75, 3.05) is 70.5 Å². The number of benzene rings is 1. The molecule has 0 radical (unpaired) electrons. The van der Waals surface area contributed by atoms with Gasteiger partial charge in [0.05, 0.1) is 67.1 Å². The van der Waals surface area contributed by atoms with E-state index in [9.17, 15) is 27.6 Å². The van der Waals surface area contributed by atoms with Gasteiger partial charge < -0.3 is 29.5 Å². The Bertz CT molecular complexity index is 1960. The minimum Gasteiger partial charge on any atom is -0.384 e. The number of piperidine rings is 1. The lowest BCUT2D eigenvalue weighted by Crippen LogP contribution is -2.54. The summed E-state index contributed by atoms with van der Waals surface area (Å²) in [5.74, 6) is -0.800. The van der Waals surface area contributed by atoms with Crippen molar-refractivity contribution in [3.8, 4) is 17.1 Å². The molecule has 4 aromatic rings. The van der Waals surface area contributed by atoms with Crippen molar-refractivity contribution in [2.24, 2.45) is 13.0 Å². The Hall–Kier alpha value is -4.96. The summed E-state index contributed by atoms with van der Waals surface area (Å²) < 4.78 is 45.6. The molecule has 0 saturated carbocycles. The molecule has 2 N–H and O–H groups in total. The summed E-state index contributed by atoms with van der Waals surface area (Å²) in [4.78, 5) is 51.6. The second-order valence-electron chi connectivity index (χ2n) is 13.7. The van der Waals surface area contributed by atoms with E-state index in [1.807, 2.05) is 11.8 Å². The number of alkyl halides is 3. The first kappa shape index (κ1) is 36.8. The molecule has 2 aliphatic rings. The lowest BCUT2D eigenvalue weighted by molar-refractivity contribution is -0.895. The fraction of sp³-hybridized carbons (Fsp3) is 0.429. The molecule has 1 aromatic carbocycles. The molecule has 3 amide bonds. The van der Waals surface area contributed by atoms with Crippen molar-refractivity contribution in [3.63, 3.8) is 0 Å². The zero-order chi connectivity index (χ0) is 37.4. The van der Waals surface area contributed by atoms with Gasteiger partial charge in [0.2, 0.25) is 5.91 Å². The number of halogens is 4. The molecule has 17 heteroatoms. The van der Waals surface area contributed by atoms with Gasteiger partial charge in [-0.05, 0) is 37.3 Å². The summed E-state index contributed by atoms with van der Waals surface area (Å²) in [5, 5.41) is 9.61. The summed E-state index contributed by atoms with van der Waals surface area (Å²) in [6.45, 7) is 6.15. The van der Waals surface area contributed by atoms with Crippen LogP contribution in [0.15, 0.2) is 48.9 Å². The third-order valence-corrected chi connectivity index (χ3v) is 9.98. The average Bonchev–Trinajstić information content (AvgIpc) is 3.72. The van der Waals surface area contributed by atoms with Gasteiger partial charge in [0, 0.05) is 70.4 Å². The molecule has 0 aliphatic carbocycles. The van der Waals surface area contributed by atoms with Crippen molar-refractivity contribution in [3.05, 3.63) is 71.0 Å². The van der Waals surface area contributed by atoms with Crippen LogP contribution in [0.3, 0.4) is 0 Å². The number of nitrogens with one attached hydrogen (secondary N) is 2. The van der Waals surface area contributed by atoms with Crippen LogP contribution in [0.5, 0.6) is 0 Å². The van der Waals surface area contributed by atoms with E-state index in [0.717, 1.165) is 35.1 Å². The Balaban J connectivity index is 1.11. The van der Waals surface area contributed by atoms with Crippen molar-refractivity contribution in [2.45, 2.75) is 25.9 Å². The van der Waals surface area contributed by atoms with Gasteiger partial charge in [0.25, 0.3) is 11.8 Å². The second kappa shape index (κ2) is 14.6. The normalized spacial score (nSPS) is 16.5. The Morgan fingerprint density at radius 2 is 1.63 bits per heavy atom. The fourth-order valence-electron chi connectivity index (χ4n) is 6.61. The van der Waals surface area contributed by atoms with Gasteiger partial charge in [0.15, 0.2) is 17.3 Å². The molecule has 52 heavy (non-hydrogen) atoms. The number of nitrogens with zero attached hydrogens (tertiary/aromatic N) is 8. The number of carbonyl (C=O) groups is 3. The van der Waals surface area contributed by atoms with Gasteiger partial charge >= 0.3 is 6.18 Å².